The number of benzene rings is 2. The summed E-state index contributed by atoms with van der Waals surface area (Å²) in [6.07, 6.45) is 0.959. The van der Waals surface area contributed by atoms with E-state index in [0.29, 0.717) is 5.02 Å². The third-order valence-corrected chi connectivity index (χ3v) is 2.98. The Bertz CT molecular complexity index is 488. The van der Waals surface area contributed by atoms with Crippen molar-refractivity contribution in [1.29, 1.82) is 0 Å². The summed E-state index contributed by atoms with van der Waals surface area (Å²) < 4.78 is 0. The summed E-state index contributed by atoms with van der Waals surface area (Å²) >= 11 is 5.95. The molecule has 86 valence electrons. The van der Waals surface area contributed by atoms with E-state index in [1.165, 1.54) is 0 Å². The maximum Gasteiger partial charge on any atom is 0.131 e. The molecule has 0 radical (unpaired) electrons. The molecule has 0 aliphatic heterocycles. The van der Waals surface area contributed by atoms with Gasteiger partial charge in [0.05, 0.1) is 5.92 Å². The van der Waals surface area contributed by atoms with E-state index >= 15 is 0 Å². The van der Waals surface area contributed by atoms with E-state index in [1.54, 1.807) is 0 Å². The lowest BCUT2D eigenvalue weighted by atomic mass is 9.92. The van der Waals surface area contributed by atoms with E-state index in [-0.39, 0.29) is 5.92 Å². The SMILES string of the molecule is Cc1cccc(C(C=O)c2cccc(Cl)c2)c1. The molecule has 17 heavy (non-hydrogen) atoms. The van der Waals surface area contributed by atoms with Gasteiger partial charge in [-0.05, 0) is 30.2 Å². The molecule has 1 nitrogen and oxygen atoms in total. The van der Waals surface area contributed by atoms with E-state index < -0.39 is 0 Å². The molecule has 2 heteroatoms. The van der Waals surface area contributed by atoms with Crippen LogP contribution in [-0.4, -0.2) is 6.29 Å². The summed E-state index contributed by atoms with van der Waals surface area (Å²) in [7, 11) is 0. The predicted octanol–water partition coefficient (Wildman–Crippen LogP) is 3.98. The Kier molecular flexibility index (Phi) is 3.60. The molecule has 0 aliphatic carbocycles. The fourth-order valence-electron chi connectivity index (χ4n) is 1.91. The van der Waals surface area contributed by atoms with Gasteiger partial charge in [-0.1, -0.05) is 53.6 Å². The molecule has 2 rings (SSSR count). The summed E-state index contributed by atoms with van der Waals surface area (Å²) in [5.74, 6) is -0.242. The molecule has 0 saturated carbocycles. The number of rotatable bonds is 3. The van der Waals surface area contributed by atoms with Crippen molar-refractivity contribution in [2.45, 2.75) is 12.8 Å². The molecule has 2 aromatic carbocycles. The second-order valence-electron chi connectivity index (χ2n) is 4.08. The normalized spacial score (nSPS) is 12.1. The molecule has 0 bridgehead atoms. The standard InChI is InChI=1S/C15H13ClO/c1-11-4-2-5-12(8-11)15(10-17)13-6-3-7-14(16)9-13/h2-10,15H,1H3. The largest absolute Gasteiger partial charge is 0.302 e. The number of aryl methyl sites for hydroxylation is 1. The fraction of sp³-hybridized carbons (Fsp3) is 0.133. The highest BCUT2D eigenvalue weighted by Crippen LogP contribution is 2.25. The Balaban J connectivity index is 2.43. The van der Waals surface area contributed by atoms with Crippen molar-refractivity contribution in [2.75, 3.05) is 0 Å². The van der Waals surface area contributed by atoms with Gasteiger partial charge in [-0.15, -0.1) is 0 Å². The molecule has 0 N–H and O–H groups in total. The van der Waals surface area contributed by atoms with E-state index in [2.05, 4.69) is 0 Å². The molecule has 0 saturated heterocycles. The number of aldehydes is 1. The smallest absolute Gasteiger partial charge is 0.131 e. The second kappa shape index (κ2) is 5.15. The molecule has 0 fully saturated rings. The van der Waals surface area contributed by atoms with Gasteiger partial charge in [-0.2, -0.15) is 0 Å². The Labute approximate surface area is 106 Å². The van der Waals surface area contributed by atoms with Gasteiger partial charge in [0, 0.05) is 5.02 Å². The Hall–Kier alpha value is -1.60. The van der Waals surface area contributed by atoms with Crippen molar-refractivity contribution in [3.05, 3.63) is 70.2 Å². The molecular formula is C15H13ClO. The van der Waals surface area contributed by atoms with Gasteiger partial charge in [-0.25, -0.2) is 0 Å². The third kappa shape index (κ3) is 2.75. The molecule has 0 spiro atoms. The van der Waals surface area contributed by atoms with Crippen molar-refractivity contribution in [2.24, 2.45) is 0 Å². The predicted molar refractivity (Wildman–Crippen MR) is 70.5 cm³/mol. The number of carbonyl (C=O) groups excluding carboxylic acids is 1. The first kappa shape index (κ1) is 11.9. The van der Waals surface area contributed by atoms with Gasteiger partial charge in [0.25, 0.3) is 0 Å². The van der Waals surface area contributed by atoms with E-state index in [4.69, 9.17) is 11.6 Å². The highest BCUT2D eigenvalue weighted by atomic mass is 35.5. The average molecular weight is 245 g/mol. The van der Waals surface area contributed by atoms with Crippen LogP contribution in [0.2, 0.25) is 5.02 Å². The van der Waals surface area contributed by atoms with Crippen LogP contribution in [0.3, 0.4) is 0 Å². The molecule has 0 aromatic heterocycles. The van der Waals surface area contributed by atoms with Crippen LogP contribution in [0, 0.1) is 6.92 Å². The van der Waals surface area contributed by atoms with Gasteiger partial charge in [0.15, 0.2) is 0 Å². The molecule has 0 heterocycles. The highest BCUT2D eigenvalue weighted by molar-refractivity contribution is 6.30. The molecule has 0 aliphatic rings. The van der Waals surface area contributed by atoms with E-state index in [0.717, 1.165) is 23.0 Å². The lowest BCUT2D eigenvalue weighted by Gasteiger charge is -2.12. The van der Waals surface area contributed by atoms with Crippen molar-refractivity contribution in [3.8, 4) is 0 Å². The molecule has 1 atom stereocenters. The summed E-state index contributed by atoms with van der Waals surface area (Å²) in [6.45, 7) is 2.02. The van der Waals surface area contributed by atoms with Crippen LogP contribution >= 0.6 is 11.6 Å². The van der Waals surface area contributed by atoms with Crippen LogP contribution < -0.4 is 0 Å². The minimum atomic E-state index is -0.242. The van der Waals surface area contributed by atoms with E-state index in [1.807, 2.05) is 55.5 Å². The summed E-state index contributed by atoms with van der Waals surface area (Å²) in [6, 6.07) is 15.4. The Morgan fingerprint density at radius 2 is 1.71 bits per heavy atom. The Morgan fingerprint density at radius 1 is 1.06 bits per heavy atom. The van der Waals surface area contributed by atoms with Gasteiger partial charge >= 0.3 is 0 Å². The monoisotopic (exact) mass is 244 g/mol. The van der Waals surface area contributed by atoms with Crippen LogP contribution in [0.1, 0.15) is 22.6 Å². The van der Waals surface area contributed by atoms with Crippen molar-refractivity contribution < 1.29 is 4.79 Å². The number of hydrogen-bond acceptors (Lipinski definition) is 1. The quantitative estimate of drug-likeness (QED) is 0.747. The zero-order valence-corrected chi connectivity index (χ0v) is 10.3. The second-order valence-corrected chi connectivity index (χ2v) is 4.52. The fourth-order valence-corrected chi connectivity index (χ4v) is 2.11. The molecule has 1 unspecified atom stereocenters. The van der Waals surface area contributed by atoms with Crippen molar-refractivity contribution in [3.63, 3.8) is 0 Å². The molecule has 2 aromatic rings. The van der Waals surface area contributed by atoms with Crippen LogP contribution in [0.5, 0.6) is 0 Å². The number of carbonyl (C=O) groups is 1. The van der Waals surface area contributed by atoms with Gasteiger partial charge in [0.2, 0.25) is 0 Å². The average Bonchev–Trinajstić information content (AvgIpc) is 2.30. The zero-order chi connectivity index (χ0) is 12.3. The van der Waals surface area contributed by atoms with Crippen LogP contribution in [-0.2, 0) is 4.79 Å². The van der Waals surface area contributed by atoms with Crippen LogP contribution in [0.25, 0.3) is 0 Å². The lowest BCUT2D eigenvalue weighted by Crippen LogP contribution is -2.02. The van der Waals surface area contributed by atoms with E-state index in [9.17, 15) is 4.79 Å². The first-order valence-electron chi connectivity index (χ1n) is 5.48. The van der Waals surface area contributed by atoms with Gasteiger partial charge < -0.3 is 4.79 Å². The Morgan fingerprint density at radius 3 is 2.29 bits per heavy atom. The van der Waals surface area contributed by atoms with Crippen LogP contribution in [0.4, 0.5) is 0 Å². The molecule has 0 amide bonds. The van der Waals surface area contributed by atoms with Gasteiger partial charge in [-0.3, -0.25) is 0 Å². The molecular weight excluding hydrogens is 232 g/mol. The first-order valence-corrected chi connectivity index (χ1v) is 5.86. The minimum Gasteiger partial charge on any atom is -0.302 e. The summed E-state index contributed by atoms with van der Waals surface area (Å²) in [4.78, 5) is 11.3. The number of hydrogen-bond donors (Lipinski definition) is 0. The van der Waals surface area contributed by atoms with Crippen molar-refractivity contribution in [1.82, 2.24) is 0 Å². The van der Waals surface area contributed by atoms with Crippen LogP contribution in [0.15, 0.2) is 48.5 Å². The maximum absolute atomic E-state index is 11.3. The lowest BCUT2D eigenvalue weighted by molar-refractivity contribution is -0.108. The first-order chi connectivity index (χ1) is 8.20. The summed E-state index contributed by atoms with van der Waals surface area (Å²) in [5, 5.41) is 0.655. The highest BCUT2D eigenvalue weighted by Gasteiger charge is 2.13. The maximum atomic E-state index is 11.3. The summed E-state index contributed by atoms with van der Waals surface area (Å²) in [5.41, 5.74) is 3.08. The van der Waals surface area contributed by atoms with Crippen molar-refractivity contribution >= 4 is 17.9 Å². The zero-order valence-electron chi connectivity index (χ0n) is 9.56. The minimum absolute atomic E-state index is 0.242. The number of halogens is 1. The topological polar surface area (TPSA) is 17.1 Å². The third-order valence-electron chi connectivity index (χ3n) is 2.75. The van der Waals surface area contributed by atoms with Gasteiger partial charge in [0.1, 0.15) is 6.29 Å².